The summed E-state index contributed by atoms with van der Waals surface area (Å²) in [5, 5.41) is 4.09. The molecular formula is C23H20N6O2. The summed E-state index contributed by atoms with van der Waals surface area (Å²) in [6.45, 7) is 1.83. The molecule has 8 heteroatoms. The number of benzene rings is 2. The van der Waals surface area contributed by atoms with Crippen LogP contribution in [0.25, 0.3) is 17.0 Å². The van der Waals surface area contributed by atoms with E-state index in [0.717, 1.165) is 27.7 Å². The summed E-state index contributed by atoms with van der Waals surface area (Å²) in [5.74, 6) is 0.0391. The zero-order chi connectivity index (χ0) is 21.6. The summed E-state index contributed by atoms with van der Waals surface area (Å²) >= 11 is 0. The third-order valence-electron chi connectivity index (χ3n) is 4.50. The highest BCUT2D eigenvalue weighted by Gasteiger charge is 2.08. The van der Waals surface area contributed by atoms with E-state index in [0.29, 0.717) is 0 Å². The van der Waals surface area contributed by atoms with Gasteiger partial charge in [0.15, 0.2) is 12.4 Å². The normalized spacial score (nSPS) is 11.0. The maximum Gasteiger partial charge on any atom is 0.331 e. The molecule has 0 saturated carbocycles. The number of esters is 1. The molecular weight excluding hydrogens is 392 g/mol. The molecule has 2 aromatic heterocycles. The summed E-state index contributed by atoms with van der Waals surface area (Å²) < 4.78 is 5.26. The third kappa shape index (κ3) is 4.99. The molecule has 3 N–H and O–H groups in total. The van der Waals surface area contributed by atoms with Crippen molar-refractivity contribution in [3.05, 3.63) is 83.8 Å². The predicted molar refractivity (Wildman–Crippen MR) is 119 cm³/mol. The Morgan fingerprint density at radius 3 is 2.77 bits per heavy atom. The number of ether oxygens (including phenoxy) is 1. The lowest BCUT2D eigenvalue weighted by Gasteiger charge is -2.09. The van der Waals surface area contributed by atoms with Crippen LogP contribution in [-0.2, 0) is 16.1 Å². The molecule has 0 fully saturated rings. The number of carbonyl (C=O) groups is 1. The lowest BCUT2D eigenvalue weighted by molar-refractivity contribution is -0.139. The number of aromatic nitrogens is 4. The zero-order valence-electron chi connectivity index (χ0n) is 16.8. The monoisotopic (exact) mass is 412 g/mol. The van der Waals surface area contributed by atoms with Crippen molar-refractivity contribution in [2.24, 2.45) is 0 Å². The molecule has 0 spiro atoms. The lowest BCUT2D eigenvalue weighted by atomic mass is 10.1. The van der Waals surface area contributed by atoms with E-state index < -0.39 is 5.97 Å². The van der Waals surface area contributed by atoms with Crippen LogP contribution in [0.3, 0.4) is 0 Å². The Hall–Kier alpha value is -4.33. The lowest BCUT2D eigenvalue weighted by Crippen LogP contribution is -2.10. The number of rotatable bonds is 6. The predicted octanol–water partition coefficient (Wildman–Crippen LogP) is 3.81. The van der Waals surface area contributed by atoms with E-state index in [2.05, 4.69) is 25.3 Å². The summed E-state index contributed by atoms with van der Waals surface area (Å²) in [7, 11) is 0. The van der Waals surface area contributed by atoms with Crippen molar-refractivity contribution in [2.45, 2.75) is 13.5 Å². The molecule has 4 aromatic rings. The number of pyridine rings is 1. The van der Waals surface area contributed by atoms with E-state index in [1.807, 2.05) is 61.5 Å². The van der Waals surface area contributed by atoms with Crippen molar-refractivity contribution in [3.8, 4) is 0 Å². The highest BCUT2D eigenvalue weighted by Crippen LogP contribution is 2.19. The van der Waals surface area contributed by atoms with Gasteiger partial charge in [0.05, 0.1) is 5.52 Å². The van der Waals surface area contributed by atoms with Crippen LogP contribution in [-0.4, -0.2) is 25.9 Å². The van der Waals surface area contributed by atoms with Gasteiger partial charge in [0.2, 0.25) is 11.9 Å². The van der Waals surface area contributed by atoms with Gasteiger partial charge in [-0.15, -0.1) is 0 Å². The van der Waals surface area contributed by atoms with Crippen molar-refractivity contribution in [3.63, 3.8) is 0 Å². The number of hydrogen-bond acceptors (Lipinski definition) is 8. The maximum absolute atomic E-state index is 12.2. The Labute approximate surface area is 178 Å². The minimum Gasteiger partial charge on any atom is -0.454 e. The third-order valence-corrected chi connectivity index (χ3v) is 4.50. The van der Waals surface area contributed by atoms with Crippen molar-refractivity contribution < 1.29 is 9.53 Å². The first-order valence-corrected chi connectivity index (χ1v) is 9.60. The van der Waals surface area contributed by atoms with E-state index in [9.17, 15) is 4.79 Å². The second-order valence-corrected chi connectivity index (χ2v) is 6.74. The van der Waals surface area contributed by atoms with Crippen LogP contribution < -0.4 is 11.1 Å². The largest absolute Gasteiger partial charge is 0.454 e. The minimum atomic E-state index is -0.527. The molecule has 0 amide bonds. The first-order chi connectivity index (χ1) is 15.1. The van der Waals surface area contributed by atoms with Crippen LogP contribution in [0.4, 0.5) is 17.6 Å². The van der Waals surface area contributed by atoms with Gasteiger partial charge in [0, 0.05) is 28.9 Å². The molecule has 31 heavy (non-hydrogen) atoms. The number of nitrogen functional groups attached to an aromatic ring is 1. The summed E-state index contributed by atoms with van der Waals surface area (Å²) in [5.41, 5.74) is 9.30. The second-order valence-electron chi connectivity index (χ2n) is 6.74. The van der Waals surface area contributed by atoms with Gasteiger partial charge in [-0.1, -0.05) is 42.5 Å². The van der Waals surface area contributed by atoms with Crippen LogP contribution in [0, 0.1) is 6.92 Å². The molecule has 0 bridgehead atoms. The molecule has 2 aromatic carbocycles. The van der Waals surface area contributed by atoms with E-state index >= 15 is 0 Å². The fourth-order valence-electron chi connectivity index (χ4n) is 3.00. The quantitative estimate of drug-likeness (QED) is 0.363. The molecule has 154 valence electrons. The highest BCUT2D eigenvalue weighted by molar-refractivity contribution is 5.92. The van der Waals surface area contributed by atoms with Gasteiger partial charge in [0.1, 0.15) is 0 Å². The maximum atomic E-state index is 12.2. The fourth-order valence-corrected chi connectivity index (χ4v) is 3.00. The van der Waals surface area contributed by atoms with Gasteiger partial charge in [-0.3, -0.25) is 4.98 Å². The molecule has 0 atom stereocenters. The van der Waals surface area contributed by atoms with Crippen LogP contribution in [0.15, 0.2) is 66.9 Å². The summed E-state index contributed by atoms with van der Waals surface area (Å²) in [4.78, 5) is 28.9. The smallest absolute Gasteiger partial charge is 0.331 e. The molecule has 8 nitrogen and oxygen atoms in total. The number of nitrogens with two attached hydrogens (primary N) is 1. The molecule has 0 aliphatic carbocycles. The molecule has 4 rings (SSSR count). The van der Waals surface area contributed by atoms with Crippen LogP contribution >= 0.6 is 0 Å². The Balaban J connectivity index is 1.43. The molecule has 2 heterocycles. The molecule has 0 aliphatic rings. The fraction of sp³-hybridized carbons (Fsp3) is 0.0870. The number of hydrogen-bond donors (Lipinski definition) is 2. The topological polar surface area (TPSA) is 116 Å². The van der Waals surface area contributed by atoms with Crippen molar-refractivity contribution >= 4 is 40.5 Å². The van der Waals surface area contributed by atoms with E-state index in [1.54, 1.807) is 12.3 Å². The van der Waals surface area contributed by atoms with Crippen LogP contribution in [0.5, 0.6) is 0 Å². The number of para-hydroxylation sites is 2. The Kier molecular flexibility index (Phi) is 5.79. The van der Waals surface area contributed by atoms with Gasteiger partial charge in [0.25, 0.3) is 0 Å². The van der Waals surface area contributed by atoms with E-state index in [-0.39, 0.29) is 24.3 Å². The molecule has 0 aliphatic heterocycles. The SMILES string of the molecule is Cc1ccccc1Nc1nc(N)nc(COC(=O)/C=C/c2cccc3cccnc23)n1. The first-order valence-electron chi connectivity index (χ1n) is 9.60. The first kappa shape index (κ1) is 20.0. The van der Waals surface area contributed by atoms with Gasteiger partial charge in [-0.25, -0.2) is 4.79 Å². The molecule has 0 saturated heterocycles. The average molecular weight is 412 g/mol. The Bertz CT molecular complexity index is 1270. The number of nitrogens with one attached hydrogen (secondary N) is 1. The van der Waals surface area contributed by atoms with Gasteiger partial charge in [-0.05, 0) is 30.7 Å². The number of aryl methyl sites for hydroxylation is 1. The van der Waals surface area contributed by atoms with Crippen LogP contribution in [0.2, 0.25) is 0 Å². The number of nitrogens with zero attached hydrogens (tertiary/aromatic N) is 4. The van der Waals surface area contributed by atoms with Crippen molar-refractivity contribution in [2.75, 3.05) is 11.1 Å². The van der Waals surface area contributed by atoms with Gasteiger partial charge in [-0.2, -0.15) is 15.0 Å². The average Bonchev–Trinajstić information content (AvgIpc) is 2.77. The number of fused-ring (bicyclic) bond motifs is 1. The van der Waals surface area contributed by atoms with E-state index in [1.165, 1.54) is 6.08 Å². The highest BCUT2D eigenvalue weighted by atomic mass is 16.5. The number of carbonyl (C=O) groups excluding carboxylic acids is 1. The Morgan fingerprint density at radius 2 is 1.90 bits per heavy atom. The number of anilines is 3. The van der Waals surface area contributed by atoms with Crippen molar-refractivity contribution in [1.82, 2.24) is 19.9 Å². The van der Waals surface area contributed by atoms with Crippen LogP contribution in [0.1, 0.15) is 17.0 Å². The van der Waals surface area contributed by atoms with Gasteiger partial charge < -0.3 is 15.8 Å². The second kappa shape index (κ2) is 9.00. The summed E-state index contributed by atoms with van der Waals surface area (Å²) in [6.07, 6.45) is 4.73. The molecule has 0 unspecified atom stereocenters. The Morgan fingerprint density at radius 1 is 1.06 bits per heavy atom. The minimum absolute atomic E-state index is 0.0366. The summed E-state index contributed by atoms with van der Waals surface area (Å²) in [6, 6.07) is 17.3. The van der Waals surface area contributed by atoms with Gasteiger partial charge >= 0.3 is 5.97 Å². The molecule has 0 radical (unpaired) electrons. The zero-order valence-corrected chi connectivity index (χ0v) is 16.8. The standard InChI is InChI=1S/C23H20N6O2/c1-15-6-2-3-10-18(15)26-23-28-19(27-22(24)29-23)14-31-20(30)12-11-17-8-4-7-16-9-5-13-25-21(16)17/h2-13H,14H2,1H3,(H3,24,26,27,28,29)/b12-11+. The van der Waals surface area contributed by atoms with E-state index in [4.69, 9.17) is 10.5 Å². The van der Waals surface area contributed by atoms with Crippen molar-refractivity contribution in [1.29, 1.82) is 0 Å².